The number of rotatable bonds is 15. The number of aliphatic hydroxyl groups excluding tert-OH is 1. The van der Waals surface area contributed by atoms with E-state index in [0.717, 1.165) is 5.56 Å². The smallest absolute Gasteiger partial charge is 0.147 e. The largest absolute Gasteiger partial charge is 0.386 e. The van der Waals surface area contributed by atoms with Crippen LogP contribution in [0.1, 0.15) is 5.56 Å². The molecule has 0 heterocycles. The summed E-state index contributed by atoms with van der Waals surface area (Å²) < 4.78 is 26.6. The minimum Gasteiger partial charge on any atom is -0.386 e. The SMILES string of the molecule is C=C[C@H](O)[C@@H](OCc1ccccc1)[C@](O)(COCOC)[C@@H](C=C)OCOC. The molecule has 0 bridgehead atoms. The van der Waals surface area contributed by atoms with Gasteiger partial charge >= 0.3 is 0 Å². The Balaban J connectivity index is 3.09. The zero-order chi connectivity index (χ0) is 20.1. The van der Waals surface area contributed by atoms with Gasteiger partial charge in [0.05, 0.1) is 13.2 Å². The van der Waals surface area contributed by atoms with Crippen LogP contribution >= 0.6 is 0 Å². The Morgan fingerprint density at radius 2 is 1.70 bits per heavy atom. The first-order valence-corrected chi connectivity index (χ1v) is 8.51. The summed E-state index contributed by atoms with van der Waals surface area (Å²) >= 11 is 0. The van der Waals surface area contributed by atoms with E-state index in [-0.39, 0.29) is 26.8 Å². The van der Waals surface area contributed by atoms with E-state index in [4.69, 9.17) is 23.7 Å². The van der Waals surface area contributed by atoms with Gasteiger partial charge in [-0.2, -0.15) is 0 Å². The van der Waals surface area contributed by atoms with Gasteiger partial charge in [-0.05, 0) is 5.56 Å². The Morgan fingerprint density at radius 1 is 1.04 bits per heavy atom. The molecule has 0 saturated heterocycles. The molecule has 0 spiro atoms. The quantitative estimate of drug-likeness (QED) is 0.271. The van der Waals surface area contributed by atoms with E-state index in [1.165, 1.54) is 26.4 Å². The normalized spacial score (nSPS) is 16.9. The van der Waals surface area contributed by atoms with Crippen molar-refractivity contribution in [2.45, 2.75) is 30.5 Å². The van der Waals surface area contributed by atoms with Crippen molar-refractivity contribution in [2.24, 2.45) is 0 Å². The third-order valence-electron chi connectivity index (χ3n) is 3.92. The highest BCUT2D eigenvalue weighted by atomic mass is 16.7. The van der Waals surface area contributed by atoms with E-state index < -0.39 is 23.9 Å². The summed E-state index contributed by atoms with van der Waals surface area (Å²) in [5.41, 5.74) is -0.895. The van der Waals surface area contributed by atoms with Crippen LogP contribution in [0.25, 0.3) is 0 Å². The van der Waals surface area contributed by atoms with Gasteiger partial charge in [0.15, 0.2) is 0 Å². The summed E-state index contributed by atoms with van der Waals surface area (Å²) in [5, 5.41) is 21.8. The average molecular weight is 382 g/mol. The molecule has 1 aromatic carbocycles. The van der Waals surface area contributed by atoms with Gasteiger partial charge in [0.25, 0.3) is 0 Å². The molecule has 7 heteroatoms. The lowest BCUT2D eigenvalue weighted by Crippen LogP contribution is -2.60. The highest BCUT2D eigenvalue weighted by molar-refractivity contribution is 5.14. The van der Waals surface area contributed by atoms with Gasteiger partial charge in [0.1, 0.15) is 37.5 Å². The van der Waals surface area contributed by atoms with Crippen molar-refractivity contribution in [3.8, 4) is 0 Å². The Kier molecular flexibility index (Phi) is 11.1. The predicted molar refractivity (Wildman–Crippen MR) is 101 cm³/mol. The lowest BCUT2D eigenvalue weighted by Gasteiger charge is -2.41. The molecule has 0 aromatic heterocycles. The molecular formula is C20H30O7. The fraction of sp³-hybridized carbons (Fsp3) is 0.500. The molecule has 1 aromatic rings. The van der Waals surface area contributed by atoms with E-state index in [2.05, 4.69) is 13.2 Å². The van der Waals surface area contributed by atoms with Crippen LogP contribution in [0.15, 0.2) is 55.6 Å². The fourth-order valence-electron chi connectivity index (χ4n) is 2.59. The summed E-state index contributed by atoms with van der Waals surface area (Å²) in [5.74, 6) is 0. The van der Waals surface area contributed by atoms with Gasteiger partial charge in [-0.1, -0.05) is 42.5 Å². The number of hydrogen-bond acceptors (Lipinski definition) is 7. The monoisotopic (exact) mass is 382 g/mol. The van der Waals surface area contributed by atoms with Gasteiger partial charge in [-0.15, -0.1) is 13.2 Å². The first-order chi connectivity index (χ1) is 13.0. The average Bonchev–Trinajstić information content (AvgIpc) is 2.69. The number of ether oxygens (including phenoxy) is 5. The summed E-state index contributed by atoms with van der Waals surface area (Å²) in [4.78, 5) is 0. The first-order valence-electron chi connectivity index (χ1n) is 8.51. The molecule has 0 unspecified atom stereocenters. The van der Waals surface area contributed by atoms with Crippen molar-refractivity contribution < 1.29 is 33.9 Å². The minimum absolute atomic E-state index is 0.0496. The molecule has 0 amide bonds. The van der Waals surface area contributed by atoms with Crippen molar-refractivity contribution >= 4 is 0 Å². The number of benzene rings is 1. The Bertz CT molecular complexity index is 536. The Hall–Kier alpha value is -1.58. The van der Waals surface area contributed by atoms with Gasteiger partial charge in [-0.3, -0.25) is 0 Å². The predicted octanol–water partition coefficient (Wildman–Crippen LogP) is 1.65. The number of hydrogen-bond donors (Lipinski definition) is 2. The molecule has 0 fully saturated rings. The van der Waals surface area contributed by atoms with Gasteiger partial charge in [-0.25, -0.2) is 0 Å². The van der Waals surface area contributed by atoms with Crippen molar-refractivity contribution in [1.82, 2.24) is 0 Å². The van der Waals surface area contributed by atoms with E-state index in [1.54, 1.807) is 0 Å². The van der Waals surface area contributed by atoms with Crippen LogP contribution < -0.4 is 0 Å². The molecule has 4 atom stereocenters. The van der Waals surface area contributed by atoms with Crippen LogP contribution in [0.4, 0.5) is 0 Å². The molecule has 0 aliphatic carbocycles. The highest BCUT2D eigenvalue weighted by Crippen LogP contribution is 2.27. The van der Waals surface area contributed by atoms with Crippen molar-refractivity contribution in [2.75, 3.05) is 34.4 Å². The summed E-state index contributed by atoms with van der Waals surface area (Å²) in [7, 11) is 2.93. The maximum absolute atomic E-state index is 11.4. The second kappa shape index (κ2) is 12.7. The zero-order valence-corrected chi connectivity index (χ0v) is 16.0. The fourth-order valence-corrected chi connectivity index (χ4v) is 2.59. The molecular weight excluding hydrogens is 352 g/mol. The van der Waals surface area contributed by atoms with Crippen LogP contribution in [0.2, 0.25) is 0 Å². The van der Waals surface area contributed by atoms with Gasteiger partial charge in [0, 0.05) is 14.2 Å². The van der Waals surface area contributed by atoms with Crippen LogP contribution in [0.3, 0.4) is 0 Å². The molecule has 27 heavy (non-hydrogen) atoms. The molecule has 1 rings (SSSR count). The van der Waals surface area contributed by atoms with E-state index >= 15 is 0 Å². The topological polar surface area (TPSA) is 86.6 Å². The van der Waals surface area contributed by atoms with Crippen molar-refractivity contribution in [3.05, 3.63) is 61.2 Å². The van der Waals surface area contributed by atoms with E-state index in [9.17, 15) is 10.2 Å². The molecule has 7 nitrogen and oxygen atoms in total. The highest BCUT2D eigenvalue weighted by Gasteiger charge is 2.48. The summed E-state index contributed by atoms with van der Waals surface area (Å²) in [6.45, 7) is 7.10. The first kappa shape index (κ1) is 23.5. The lowest BCUT2D eigenvalue weighted by atomic mass is 9.87. The van der Waals surface area contributed by atoms with E-state index in [1.807, 2.05) is 30.3 Å². The zero-order valence-electron chi connectivity index (χ0n) is 16.0. The van der Waals surface area contributed by atoms with Crippen LogP contribution in [-0.4, -0.2) is 68.5 Å². The summed E-state index contributed by atoms with van der Waals surface area (Å²) in [6, 6.07) is 9.40. The molecule has 152 valence electrons. The second-order valence-corrected chi connectivity index (χ2v) is 5.92. The van der Waals surface area contributed by atoms with Crippen LogP contribution in [0.5, 0.6) is 0 Å². The lowest BCUT2D eigenvalue weighted by molar-refractivity contribution is -0.235. The minimum atomic E-state index is -1.78. The van der Waals surface area contributed by atoms with Gasteiger partial charge < -0.3 is 33.9 Å². The maximum Gasteiger partial charge on any atom is 0.147 e. The van der Waals surface area contributed by atoms with Crippen LogP contribution in [0, 0.1) is 0 Å². The molecule has 2 N–H and O–H groups in total. The number of aliphatic hydroxyl groups is 2. The third-order valence-corrected chi connectivity index (χ3v) is 3.92. The standard InChI is InChI=1S/C20H30O7/c1-5-17(21)19(26-12-16-10-8-7-9-11-16)20(22,13-25-14-23-3)18(6-2)27-15-24-4/h5-11,17-19,21-22H,1-2,12-15H2,3-4H3/t17-,18+,19+,20-/m0/s1. The van der Waals surface area contributed by atoms with Gasteiger partial charge in [0.2, 0.25) is 0 Å². The van der Waals surface area contributed by atoms with Crippen molar-refractivity contribution in [1.29, 1.82) is 0 Å². The van der Waals surface area contributed by atoms with E-state index in [0.29, 0.717) is 0 Å². The molecule has 0 radical (unpaired) electrons. The number of methoxy groups -OCH3 is 2. The summed E-state index contributed by atoms with van der Waals surface area (Å²) in [6.07, 6.45) is -0.535. The molecule has 0 aliphatic rings. The molecule has 0 saturated carbocycles. The maximum atomic E-state index is 11.4. The Morgan fingerprint density at radius 3 is 2.26 bits per heavy atom. The third kappa shape index (κ3) is 7.15. The van der Waals surface area contributed by atoms with Crippen molar-refractivity contribution in [3.63, 3.8) is 0 Å². The molecule has 0 aliphatic heterocycles. The Labute approximate surface area is 160 Å². The van der Waals surface area contributed by atoms with Crippen LogP contribution in [-0.2, 0) is 30.3 Å². The second-order valence-electron chi connectivity index (χ2n) is 5.92.